The second-order valence-electron chi connectivity index (χ2n) is 0.577. The van der Waals surface area contributed by atoms with Crippen LogP contribution in [0.4, 0.5) is 0 Å². The first-order valence-electron chi connectivity index (χ1n) is 1.63. The molecular weight excluding hydrogens is 211 g/mol. The van der Waals surface area contributed by atoms with Gasteiger partial charge in [-0.15, -0.1) is 0 Å². The van der Waals surface area contributed by atoms with E-state index in [-0.39, 0.29) is 35.6 Å². The van der Waals surface area contributed by atoms with Crippen LogP contribution in [0.15, 0.2) is 25.3 Å². The van der Waals surface area contributed by atoms with Crippen molar-refractivity contribution in [1.29, 1.82) is 0 Å². The van der Waals surface area contributed by atoms with Crippen LogP contribution in [-0.4, -0.2) is 0 Å². The van der Waals surface area contributed by atoms with Crippen LogP contribution in [0.1, 0.15) is 0 Å². The van der Waals surface area contributed by atoms with E-state index < -0.39 is 0 Å². The molecule has 0 aliphatic carbocycles. The Hall–Kier alpha value is 0.415. The molecule has 0 spiro atoms. The van der Waals surface area contributed by atoms with Gasteiger partial charge in [-0.25, -0.2) is 39.2 Å². The number of rotatable bonds is 0. The standard InChI is InChI=1S/2C3H5.La/c2*1-3-2;/h2*3H,1-2H2;/q2*-1;. The van der Waals surface area contributed by atoms with E-state index in [9.17, 15) is 0 Å². The Labute approximate surface area is 74.3 Å². The molecule has 0 amide bonds. The van der Waals surface area contributed by atoms with Gasteiger partial charge in [-0.1, -0.05) is 0 Å². The summed E-state index contributed by atoms with van der Waals surface area (Å²) in [6.07, 6.45) is 3.00. The molecule has 1 heteroatoms. The molecule has 0 saturated carbocycles. The van der Waals surface area contributed by atoms with Crippen molar-refractivity contribution in [2.45, 2.75) is 0 Å². The third-order valence-electron chi connectivity index (χ3n) is 0. The second kappa shape index (κ2) is 32.3. The Morgan fingerprint density at radius 1 is 1.00 bits per heavy atom. The second-order valence-corrected chi connectivity index (χ2v) is 0.577. The van der Waals surface area contributed by atoms with Gasteiger partial charge in [0.2, 0.25) is 0 Å². The fourth-order valence-corrected chi connectivity index (χ4v) is 0. The van der Waals surface area contributed by atoms with Gasteiger partial charge in [-0.05, 0) is 0 Å². The predicted octanol–water partition coefficient (Wildman–Crippen LogP) is 2.01. The first-order chi connectivity index (χ1) is 2.83. The van der Waals surface area contributed by atoms with Gasteiger partial charge in [0.25, 0.3) is 0 Å². The van der Waals surface area contributed by atoms with Crippen molar-refractivity contribution >= 4 is 0 Å². The van der Waals surface area contributed by atoms with Gasteiger partial charge in [0, 0.05) is 35.6 Å². The molecule has 0 aromatic heterocycles. The fourth-order valence-electron chi connectivity index (χ4n) is 0. The van der Waals surface area contributed by atoms with Crippen LogP contribution in [0.3, 0.4) is 0 Å². The summed E-state index contributed by atoms with van der Waals surface area (Å²) in [4.78, 5) is 0. The Bertz CT molecular complexity index is 25.2. The van der Waals surface area contributed by atoms with Crippen molar-refractivity contribution in [2.24, 2.45) is 0 Å². The SMILES string of the molecule is C=C[CH2-].C=C[CH2-].[La]. The zero-order valence-electron chi connectivity index (χ0n) is 4.56. The van der Waals surface area contributed by atoms with Crippen molar-refractivity contribution < 1.29 is 35.6 Å². The van der Waals surface area contributed by atoms with E-state index in [4.69, 9.17) is 0 Å². The molecule has 0 aromatic rings. The van der Waals surface area contributed by atoms with Crippen LogP contribution >= 0.6 is 0 Å². The largest absolute Gasteiger partial charge is 0.245 e. The molecule has 0 atom stereocenters. The van der Waals surface area contributed by atoms with Gasteiger partial charge in [-0.2, -0.15) is 0 Å². The molecule has 0 nitrogen and oxygen atoms in total. The first-order valence-corrected chi connectivity index (χ1v) is 1.63. The molecule has 1 radical (unpaired) electrons. The molecule has 0 unspecified atom stereocenters. The molecule has 0 aliphatic heterocycles. The molecule has 0 rings (SSSR count). The fraction of sp³-hybridized carbons (Fsp3) is 0. The zero-order chi connectivity index (χ0) is 5.41. The number of allylic oxidation sites excluding steroid dienone is 2. The summed E-state index contributed by atoms with van der Waals surface area (Å²) in [6, 6.07) is 0. The van der Waals surface area contributed by atoms with E-state index >= 15 is 0 Å². The minimum Gasteiger partial charge on any atom is -0.245 e. The van der Waals surface area contributed by atoms with Crippen molar-refractivity contribution in [3.05, 3.63) is 39.2 Å². The van der Waals surface area contributed by atoms with Crippen molar-refractivity contribution in [2.75, 3.05) is 0 Å². The van der Waals surface area contributed by atoms with Crippen LogP contribution in [0.5, 0.6) is 0 Å². The summed E-state index contributed by atoms with van der Waals surface area (Å²) in [5.41, 5.74) is 0. The van der Waals surface area contributed by atoms with E-state index in [0.29, 0.717) is 0 Å². The minimum absolute atomic E-state index is 0. The topological polar surface area (TPSA) is 0 Å². The van der Waals surface area contributed by atoms with Crippen molar-refractivity contribution in [1.82, 2.24) is 0 Å². The van der Waals surface area contributed by atoms with Gasteiger partial charge in [0.05, 0.1) is 0 Å². The summed E-state index contributed by atoms with van der Waals surface area (Å²) < 4.78 is 0. The third-order valence-corrected chi connectivity index (χ3v) is 0. The smallest absolute Gasteiger partial charge is 0 e. The van der Waals surface area contributed by atoms with Crippen LogP contribution in [0.2, 0.25) is 0 Å². The summed E-state index contributed by atoms with van der Waals surface area (Å²) in [7, 11) is 0. The molecule has 0 fully saturated rings. The molecule has 0 N–H and O–H groups in total. The Morgan fingerprint density at radius 3 is 1.00 bits per heavy atom. The number of hydrogen-bond donors (Lipinski definition) is 0. The Morgan fingerprint density at radius 2 is 1.00 bits per heavy atom. The summed E-state index contributed by atoms with van der Waals surface area (Å²) in [5, 5.41) is 0. The molecule has 7 heavy (non-hydrogen) atoms. The van der Waals surface area contributed by atoms with E-state index in [1.54, 1.807) is 0 Å². The minimum atomic E-state index is 0. The van der Waals surface area contributed by atoms with Crippen molar-refractivity contribution in [3.63, 3.8) is 0 Å². The van der Waals surface area contributed by atoms with Gasteiger partial charge in [0.1, 0.15) is 0 Å². The number of hydrogen-bond acceptors (Lipinski definition) is 0. The molecule has 0 saturated heterocycles. The van der Waals surface area contributed by atoms with E-state index in [0.717, 1.165) is 0 Å². The van der Waals surface area contributed by atoms with Crippen molar-refractivity contribution in [3.8, 4) is 0 Å². The average molecular weight is 221 g/mol. The van der Waals surface area contributed by atoms with Crippen LogP contribution in [0.25, 0.3) is 0 Å². The van der Waals surface area contributed by atoms with Gasteiger partial charge in [-0.3, -0.25) is 0 Å². The molecule has 0 aliphatic rings. The normalized spacial score (nSPS) is 3.43. The zero-order valence-corrected chi connectivity index (χ0v) is 8.19. The van der Waals surface area contributed by atoms with Crippen LogP contribution < -0.4 is 0 Å². The van der Waals surface area contributed by atoms with E-state index in [1.807, 2.05) is 0 Å². The Balaban J connectivity index is -0.0000000400. The van der Waals surface area contributed by atoms with Gasteiger partial charge in [0.15, 0.2) is 0 Å². The maximum atomic E-state index is 3.25. The molecular formula is C6H10La-2. The Kier molecular flexibility index (Phi) is 72.1. The first kappa shape index (κ1) is 15.7. The predicted molar refractivity (Wildman–Crippen MR) is 31.1 cm³/mol. The van der Waals surface area contributed by atoms with Crippen LogP contribution in [-0.2, 0) is 0 Å². The van der Waals surface area contributed by atoms with Crippen LogP contribution in [0, 0.1) is 49.4 Å². The third kappa shape index (κ3) is 727. The van der Waals surface area contributed by atoms with Gasteiger partial charge < -0.3 is 0 Å². The summed E-state index contributed by atoms with van der Waals surface area (Å²) >= 11 is 0. The quantitative estimate of drug-likeness (QED) is 0.549. The van der Waals surface area contributed by atoms with Gasteiger partial charge >= 0.3 is 0 Å². The molecule has 0 bridgehead atoms. The maximum Gasteiger partial charge on any atom is 0 e. The maximum absolute atomic E-state index is 3.25. The monoisotopic (exact) mass is 221 g/mol. The molecule has 0 heterocycles. The average Bonchev–Trinajstić information content (AvgIpc) is 1.39. The molecule has 0 aromatic carbocycles. The summed E-state index contributed by atoms with van der Waals surface area (Å²) in [5.74, 6) is 0. The summed E-state index contributed by atoms with van der Waals surface area (Å²) in [6.45, 7) is 13.0. The van der Waals surface area contributed by atoms with E-state index in [2.05, 4.69) is 27.0 Å². The molecule has 39 valence electrons. The van der Waals surface area contributed by atoms with E-state index in [1.165, 1.54) is 12.2 Å².